The van der Waals surface area contributed by atoms with Gasteiger partial charge in [-0.1, -0.05) is 44.0 Å². The monoisotopic (exact) mass is 879 g/mol. The van der Waals surface area contributed by atoms with Crippen molar-refractivity contribution in [1.29, 1.82) is 0 Å². The fourth-order valence-electron chi connectivity index (χ4n) is 7.30. The van der Waals surface area contributed by atoms with E-state index in [0.29, 0.717) is 67.5 Å². The summed E-state index contributed by atoms with van der Waals surface area (Å²) in [5, 5.41) is 46.4. The number of pyridine rings is 3. The molecule has 7 rings (SSSR count). The van der Waals surface area contributed by atoms with Gasteiger partial charge in [-0.25, -0.2) is 15.0 Å². The molecule has 10 heteroatoms. The van der Waals surface area contributed by atoms with E-state index >= 15 is 0 Å². The second-order valence-corrected chi connectivity index (χ2v) is 19.2. The molecule has 318 valence electrons. The van der Waals surface area contributed by atoms with Crippen LogP contribution in [-0.4, -0.2) is 52.6 Å². The number of phenolic OH excluding ortho intramolecular Hbond substituents is 4. The van der Waals surface area contributed by atoms with Crippen LogP contribution in [0.3, 0.4) is 0 Å². The molecule has 3 aromatic heterocycles. The Morgan fingerprint density at radius 3 is 0.887 bits per heavy atom. The third-order valence-corrected chi connectivity index (χ3v) is 13.8. The summed E-state index contributed by atoms with van der Waals surface area (Å²) in [5.74, 6) is 3.07. The Labute approximate surface area is 378 Å². The Balaban J connectivity index is 1.39. The van der Waals surface area contributed by atoms with Crippen LogP contribution in [0.4, 0.5) is 0 Å². The van der Waals surface area contributed by atoms with Crippen LogP contribution in [0.15, 0.2) is 112 Å². The standard InChI is InChI=1S/C52H53N3O4S3/c1-8-15-60-34-24-43(37-18-30(4)11-13-49(37)56)53-45(26-34)39-20-32(6)22-41(51(39)58)47-28-36(62-17-10-3)29-48(55-47)42-23-33(7)21-40(52(42)59)46-27-35(61-16-9-2)25-44(54-46)38-19-31(5)12-14-50(38)57/h11-14,18-29,56-59H,8-10,15-17H2,1-7H3. The summed E-state index contributed by atoms with van der Waals surface area (Å²) in [7, 11) is 0. The predicted molar refractivity (Wildman–Crippen MR) is 261 cm³/mol. The first kappa shape index (κ1) is 44.6. The van der Waals surface area contributed by atoms with E-state index in [1.165, 1.54) is 0 Å². The average Bonchev–Trinajstić information content (AvgIpc) is 3.26. The minimum Gasteiger partial charge on any atom is -0.507 e. The Bertz CT molecular complexity index is 2590. The third-order valence-electron chi connectivity index (χ3n) is 10.3. The SMILES string of the molecule is CCCSc1cc(-c2cc(C)ccc2O)nc(-c2cc(C)cc(-c3cc(SCCC)cc(-c4cc(C)cc(-c5cc(SCCC)cc(-c6cc(C)ccc6O)n5)c4O)n3)c2O)c1. The number of benzene rings is 4. The highest BCUT2D eigenvalue weighted by atomic mass is 32.2. The van der Waals surface area contributed by atoms with Crippen LogP contribution >= 0.6 is 35.3 Å². The lowest BCUT2D eigenvalue weighted by molar-refractivity contribution is 0.476. The van der Waals surface area contributed by atoms with Gasteiger partial charge in [0.05, 0.1) is 34.2 Å². The lowest BCUT2D eigenvalue weighted by atomic mass is 9.97. The van der Waals surface area contributed by atoms with Crippen molar-refractivity contribution < 1.29 is 20.4 Å². The van der Waals surface area contributed by atoms with Crippen LogP contribution in [0.25, 0.3) is 67.5 Å². The molecule has 0 spiro atoms. The Morgan fingerprint density at radius 1 is 0.355 bits per heavy atom. The highest BCUT2D eigenvalue weighted by Crippen LogP contribution is 2.45. The number of aryl methyl sites for hydroxylation is 4. The van der Waals surface area contributed by atoms with E-state index in [1.54, 1.807) is 47.4 Å². The van der Waals surface area contributed by atoms with Crippen molar-refractivity contribution in [2.75, 3.05) is 17.3 Å². The van der Waals surface area contributed by atoms with Crippen molar-refractivity contribution in [2.45, 2.75) is 82.4 Å². The Morgan fingerprint density at radius 2 is 0.613 bits per heavy atom. The van der Waals surface area contributed by atoms with Gasteiger partial charge in [0.25, 0.3) is 0 Å². The number of aromatic nitrogens is 3. The van der Waals surface area contributed by atoms with Crippen molar-refractivity contribution >= 4 is 35.3 Å². The first-order valence-electron chi connectivity index (χ1n) is 21.1. The van der Waals surface area contributed by atoms with Gasteiger partial charge in [-0.05, 0) is 160 Å². The number of thioether (sulfide) groups is 3. The smallest absolute Gasteiger partial charge is 0.134 e. The predicted octanol–water partition coefficient (Wildman–Crippen LogP) is 14.4. The van der Waals surface area contributed by atoms with Gasteiger partial charge in [-0.15, -0.1) is 35.3 Å². The van der Waals surface area contributed by atoms with Gasteiger partial charge in [0.1, 0.15) is 23.0 Å². The molecule has 62 heavy (non-hydrogen) atoms. The number of hydrogen-bond acceptors (Lipinski definition) is 10. The van der Waals surface area contributed by atoms with Crippen LogP contribution in [-0.2, 0) is 0 Å². The van der Waals surface area contributed by atoms with Crippen molar-refractivity contribution in [3.8, 4) is 90.5 Å². The van der Waals surface area contributed by atoms with Crippen molar-refractivity contribution in [3.05, 3.63) is 119 Å². The third kappa shape index (κ3) is 10.1. The normalized spacial score (nSPS) is 11.3. The van der Waals surface area contributed by atoms with Gasteiger partial charge in [0.2, 0.25) is 0 Å². The summed E-state index contributed by atoms with van der Waals surface area (Å²) in [5.41, 5.74) is 10.9. The van der Waals surface area contributed by atoms with E-state index in [1.807, 2.05) is 113 Å². The van der Waals surface area contributed by atoms with Gasteiger partial charge < -0.3 is 20.4 Å². The minimum absolute atomic E-state index is 0.0444. The summed E-state index contributed by atoms with van der Waals surface area (Å²) < 4.78 is 0. The molecule has 0 aliphatic heterocycles. The van der Waals surface area contributed by atoms with Gasteiger partial charge in [0.15, 0.2) is 0 Å². The zero-order valence-electron chi connectivity index (χ0n) is 36.3. The maximum absolute atomic E-state index is 12.3. The first-order valence-corrected chi connectivity index (χ1v) is 24.0. The summed E-state index contributed by atoms with van der Waals surface area (Å²) in [6.07, 6.45) is 2.95. The molecule has 0 aliphatic carbocycles. The molecule has 0 amide bonds. The van der Waals surface area contributed by atoms with Gasteiger partial charge >= 0.3 is 0 Å². The van der Waals surface area contributed by atoms with Crippen LogP contribution in [0.5, 0.6) is 23.0 Å². The Kier molecular flexibility index (Phi) is 14.2. The molecule has 0 unspecified atom stereocenters. The molecule has 0 saturated heterocycles. The Hall–Kier alpha value is -5.42. The van der Waals surface area contributed by atoms with Crippen molar-refractivity contribution in [2.24, 2.45) is 0 Å². The van der Waals surface area contributed by atoms with E-state index in [4.69, 9.17) is 15.0 Å². The maximum Gasteiger partial charge on any atom is 0.134 e. The molecule has 0 bridgehead atoms. The van der Waals surface area contributed by atoms with Crippen LogP contribution in [0.1, 0.15) is 62.3 Å². The molecule has 0 fully saturated rings. The summed E-state index contributed by atoms with van der Waals surface area (Å²) in [6, 6.07) is 30.8. The second-order valence-electron chi connectivity index (χ2n) is 15.7. The number of aromatic hydroxyl groups is 4. The number of hydrogen-bond donors (Lipinski definition) is 4. The van der Waals surface area contributed by atoms with Crippen LogP contribution in [0, 0.1) is 27.7 Å². The molecular weight excluding hydrogens is 827 g/mol. The van der Waals surface area contributed by atoms with Gasteiger partial charge in [0, 0.05) is 48.1 Å². The number of rotatable bonds is 15. The second kappa shape index (κ2) is 19.7. The lowest BCUT2D eigenvalue weighted by Gasteiger charge is -2.17. The minimum atomic E-state index is 0.0444. The lowest BCUT2D eigenvalue weighted by Crippen LogP contribution is -1.97. The molecule has 4 aromatic carbocycles. The maximum atomic E-state index is 12.3. The molecule has 4 N–H and O–H groups in total. The molecule has 7 nitrogen and oxygen atoms in total. The topological polar surface area (TPSA) is 120 Å². The zero-order chi connectivity index (χ0) is 44.1. The number of nitrogens with zero attached hydrogens (tertiary/aromatic N) is 3. The largest absolute Gasteiger partial charge is 0.507 e. The van der Waals surface area contributed by atoms with E-state index in [0.717, 1.165) is 73.5 Å². The van der Waals surface area contributed by atoms with E-state index in [2.05, 4.69) is 20.8 Å². The number of phenols is 4. The zero-order valence-corrected chi connectivity index (χ0v) is 38.8. The van der Waals surface area contributed by atoms with E-state index < -0.39 is 0 Å². The quantitative estimate of drug-likeness (QED) is 0.0741. The molecule has 0 atom stereocenters. The highest BCUT2D eigenvalue weighted by Gasteiger charge is 2.22. The van der Waals surface area contributed by atoms with Crippen LogP contribution in [0.2, 0.25) is 0 Å². The fraction of sp³-hybridized carbons (Fsp3) is 0.250. The van der Waals surface area contributed by atoms with E-state index in [-0.39, 0.29) is 23.0 Å². The highest BCUT2D eigenvalue weighted by molar-refractivity contribution is 7.99. The molecule has 3 heterocycles. The van der Waals surface area contributed by atoms with E-state index in [9.17, 15) is 20.4 Å². The summed E-state index contributed by atoms with van der Waals surface area (Å²) in [6.45, 7) is 14.4. The van der Waals surface area contributed by atoms with Crippen molar-refractivity contribution in [3.63, 3.8) is 0 Å². The van der Waals surface area contributed by atoms with Gasteiger partial charge in [-0.2, -0.15) is 0 Å². The van der Waals surface area contributed by atoms with Gasteiger partial charge in [-0.3, -0.25) is 0 Å². The average molecular weight is 880 g/mol. The molecule has 7 aromatic rings. The molecular formula is C52H53N3O4S3. The van der Waals surface area contributed by atoms with Crippen molar-refractivity contribution in [1.82, 2.24) is 15.0 Å². The molecule has 0 radical (unpaired) electrons. The molecule has 0 saturated carbocycles. The fourth-order valence-corrected chi connectivity index (χ4v) is 9.79. The summed E-state index contributed by atoms with van der Waals surface area (Å²) in [4.78, 5) is 18.2. The molecule has 0 aliphatic rings. The van der Waals surface area contributed by atoms with Crippen LogP contribution < -0.4 is 0 Å². The first-order chi connectivity index (χ1) is 29.8. The summed E-state index contributed by atoms with van der Waals surface area (Å²) >= 11 is 5.13.